The monoisotopic (exact) mass is 420 g/mol. The second kappa shape index (κ2) is 9.50. The molecule has 29 heavy (non-hydrogen) atoms. The Kier molecular flexibility index (Phi) is 7.54. The van der Waals surface area contributed by atoms with Crippen molar-refractivity contribution >= 4 is 21.6 Å². The summed E-state index contributed by atoms with van der Waals surface area (Å²) in [7, 11) is -3.81. The van der Waals surface area contributed by atoms with Crippen LogP contribution in [0.3, 0.4) is 0 Å². The lowest BCUT2D eigenvalue weighted by molar-refractivity contribution is 0.102. The molecule has 0 atom stereocenters. The third kappa shape index (κ3) is 5.22. The Labute approximate surface area is 173 Å². The van der Waals surface area contributed by atoms with Gasteiger partial charge in [0, 0.05) is 18.8 Å². The van der Waals surface area contributed by atoms with Crippen LogP contribution in [0.25, 0.3) is 0 Å². The minimum absolute atomic E-state index is 0.0803. The van der Waals surface area contributed by atoms with Gasteiger partial charge >= 0.3 is 0 Å². The van der Waals surface area contributed by atoms with Gasteiger partial charge in [-0.1, -0.05) is 31.5 Å². The highest BCUT2D eigenvalue weighted by Crippen LogP contribution is 2.25. The van der Waals surface area contributed by atoms with Crippen molar-refractivity contribution in [2.24, 2.45) is 0 Å². The van der Waals surface area contributed by atoms with Gasteiger partial charge in [0.1, 0.15) is 5.82 Å². The molecule has 0 aromatic heterocycles. The maximum atomic E-state index is 14.4. The van der Waals surface area contributed by atoms with E-state index in [9.17, 15) is 17.6 Å². The lowest BCUT2D eigenvalue weighted by atomic mass is 10.0. The van der Waals surface area contributed by atoms with Gasteiger partial charge in [-0.25, -0.2) is 12.8 Å². The first-order valence-corrected chi connectivity index (χ1v) is 11.2. The number of nitrogens with zero attached hydrogens (tertiary/aromatic N) is 1. The van der Waals surface area contributed by atoms with E-state index in [0.717, 1.165) is 28.8 Å². The van der Waals surface area contributed by atoms with Crippen molar-refractivity contribution in [3.05, 3.63) is 58.4 Å². The second-order valence-electron chi connectivity index (χ2n) is 7.27. The molecule has 0 spiro atoms. The molecule has 0 radical (unpaired) electrons. The largest absolute Gasteiger partial charge is 0.321 e. The molecule has 1 amide bonds. The summed E-state index contributed by atoms with van der Waals surface area (Å²) < 4.78 is 41.7. The Morgan fingerprint density at radius 1 is 1.00 bits per heavy atom. The van der Waals surface area contributed by atoms with Gasteiger partial charge in [-0.15, -0.1) is 0 Å². The van der Waals surface area contributed by atoms with Crippen LogP contribution < -0.4 is 5.32 Å². The van der Waals surface area contributed by atoms with Crippen LogP contribution in [0.2, 0.25) is 0 Å². The summed E-state index contributed by atoms with van der Waals surface area (Å²) in [5.41, 5.74) is 3.09. The molecule has 5 nitrogen and oxygen atoms in total. The quantitative estimate of drug-likeness (QED) is 0.666. The average molecular weight is 421 g/mol. The van der Waals surface area contributed by atoms with Gasteiger partial charge in [0.25, 0.3) is 5.91 Å². The Morgan fingerprint density at radius 3 is 2.07 bits per heavy atom. The van der Waals surface area contributed by atoms with Gasteiger partial charge in [-0.2, -0.15) is 4.31 Å². The van der Waals surface area contributed by atoms with E-state index in [1.54, 1.807) is 0 Å². The first-order valence-electron chi connectivity index (χ1n) is 9.80. The van der Waals surface area contributed by atoms with Gasteiger partial charge in [-0.3, -0.25) is 4.79 Å². The van der Waals surface area contributed by atoms with Crippen molar-refractivity contribution in [2.45, 2.75) is 52.4 Å². The number of rotatable bonds is 8. The molecule has 0 saturated carbocycles. The van der Waals surface area contributed by atoms with Crippen molar-refractivity contribution in [3.63, 3.8) is 0 Å². The van der Waals surface area contributed by atoms with E-state index < -0.39 is 21.7 Å². The molecule has 0 unspecified atom stereocenters. The van der Waals surface area contributed by atoms with Crippen LogP contribution in [0.1, 0.15) is 53.7 Å². The van der Waals surface area contributed by atoms with Crippen LogP contribution in [0, 0.1) is 26.6 Å². The van der Waals surface area contributed by atoms with Crippen molar-refractivity contribution in [3.8, 4) is 0 Å². The van der Waals surface area contributed by atoms with Crippen molar-refractivity contribution in [1.82, 2.24) is 4.31 Å². The molecule has 2 aromatic rings. The molecule has 0 heterocycles. The summed E-state index contributed by atoms with van der Waals surface area (Å²) in [6.45, 7) is 10.2. The van der Waals surface area contributed by atoms with Gasteiger partial charge in [0.05, 0.1) is 10.5 Å². The summed E-state index contributed by atoms with van der Waals surface area (Å²) >= 11 is 0. The highest BCUT2D eigenvalue weighted by Gasteiger charge is 2.25. The predicted octanol–water partition coefficient (Wildman–Crippen LogP) is 4.81. The van der Waals surface area contributed by atoms with Gasteiger partial charge in [0.2, 0.25) is 10.0 Å². The summed E-state index contributed by atoms with van der Waals surface area (Å²) in [6, 6.07) is 7.21. The van der Waals surface area contributed by atoms with Crippen LogP contribution >= 0.6 is 0 Å². The lowest BCUT2D eigenvalue weighted by Crippen LogP contribution is -2.32. The Bertz CT molecular complexity index is 974. The van der Waals surface area contributed by atoms with Gasteiger partial charge in [-0.05, 0) is 62.9 Å². The fourth-order valence-electron chi connectivity index (χ4n) is 3.40. The normalized spacial score (nSPS) is 11.7. The number of hydrogen-bond acceptors (Lipinski definition) is 3. The minimum Gasteiger partial charge on any atom is -0.321 e. The zero-order chi connectivity index (χ0) is 21.8. The second-order valence-corrected chi connectivity index (χ2v) is 9.21. The predicted molar refractivity (Wildman–Crippen MR) is 114 cm³/mol. The molecule has 158 valence electrons. The van der Waals surface area contributed by atoms with Crippen LogP contribution in [-0.4, -0.2) is 31.7 Å². The molecule has 2 rings (SSSR count). The molecule has 2 aromatic carbocycles. The molecule has 0 aliphatic carbocycles. The third-order valence-electron chi connectivity index (χ3n) is 4.68. The molecule has 0 bridgehead atoms. The van der Waals surface area contributed by atoms with E-state index in [2.05, 4.69) is 5.32 Å². The molecular weight excluding hydrogens is 391 g/mol. The number of amides is 1. The van der Waals surface area contributed by atoms with Crippen molar-refractivity contribution in [1.29, 1.82) is 0 Å². The maximum absolute atomic E-state index is 14.4. The topological polar surface area (TPSA) is 66.5 Å². The first-order chi connectivity index (χ1) is 13.6. The van der Waals surface area contributed by atoms with Crippen LogP contribution in [0.4, 0.5) is 10.1 Å². The number of halogens is 1. The minimum atomic E-state index is -3.81. The fraction of sp³-hybridized carbons (Fsp3) is 0.409. The van der Waals surface area contributed by atoms with Gasteiger partial charge in [0.15, 0.2) is 0 Å². The number of nitrogens with one attached hydrogen (secondary N) is 1. The molecule has 0 aliphatic heterocycles. The van der Waals surface area contributed by atoms with E-state index in [4.69, 9.17) is 0 Å². The van der Waals surface area contributed by atoms with Gasteiger partial charge < -0.3 is 5.32 Å². The highest BCUT2D eigenvalue weighted by molar-refractivity contribution is 7.89. The number of sulfonamides is 1. The van der Waals surface area contributed by atoms with E-state index >= 15 is 0 Å². The van der Waals surface area contributed by atoms with E-state index in [1.165, 1.54) is 10.4 Å². The zero-order valence-electron chi connectivity index (χ0n) is 17.7. The Morgan fingerprint density at radius 2 is 1.55 bits per heavy atom. The van der Waals surface area contributed by atoms with E-state index in [0.29, 0.717) is 31.6 Å². The SMILES string of the molecule is CCCN(CCC)S(=O)(=O)c1ccc(F)c(C(=O)Nc2c(C)cc(C)cc2C)c1. The number of carbonyl (C=O) groups excluding carboxylic acids is 1. The highest BCUT2D eigenvalue weighted by atomic mass is 32.2. The van der Waals surface area contributed by atoms with Crippen molar-refractivity contribution in [2.75, 3.05) is 18.4 Å². The summed E-state index contributed by atoms with van der Waals surface area (Å²) in [5, 5.41) is 2.73. The number of hydrogen-bond donors (Lipinski definition) is 1. The van der Waals surface area contributed by atoms with Crippen LogP contribution in [0.15, 0.2) is 35.2 Å². The third-order valence-corrected chi connectivity index (χ3v) is 6.58. The van der Waals surface area contributed by atoms with E-state index in [1.807, 2.05) is 46.8 Å². The molecule has 7 heteroatoms. The maximum Gasteiger partial charge on any atom is 0.258 e. The molecule has 0 fully saturated rings. The molecule has 0 aliphatic rings. The zero-order valence-corrected chi connectivity index (χ0v) is 18.5. The van der Waals surface area contributed by atoms with Crippen LogP contribution in [-0.2, 0) is 10.0 Å². The standard InChI is InChI=1S/C22H29FN2O3S/c1-6-10-25(11-7-2)29(27,28)18-8-9-20(23)19(14-18)22(26)24-21-16(4)12-15(3)13-17(21)5/h8-9,12-14H,6-7,10-11H2,1-5H3,(H,24,26). The summed E-state index contributed by atoms with van der Waals surface area (Å²) in [6.07, 6.45) is 1.33. The summed E-state index contributed by atoms with van der Waals surface area (Å²) in [4.78, 5) is 12.7. The molecule has 0 saturated heterocycles. The smallest absolute Gasteiger partial charge is 0.258 e. The number of carbonyl (C=O) groups is 1. The number of benzene rings is 2. The lowest BCUT2D eigenvalue weighted by Gasteiger charge is -2.21. The first kappa shape index (κ1) is 23.0. The number of aryl methyl sites for hydroxylation is 3. The summed E-state index contributed by atoms with van der Waals surface area (Å²) in [5.74, 6) is -1.44. The average Bonchev–Trinajstić information content (AvgIpc) is 2.64. The Hall–Kier alpha value is -2.25. The van der Waals surface area contributed by atoms with Crippen LogP contribution in [0.5, 0.6) is 0 Å². The van der Waals surface area contributed by atoms with E-state index in [-0.39, 0.29) is 10.5 Å². The fourth-order valence-corrected chi connectivity index (χ4v) is 5.05. The molecular formula is C22H29FN2O3S. The Balaban J connectivity index is 2.42. The molecule has 1 N–H and O–H groups in total. The number of anilines is 1. The van der Waals surface area contributed by atoms with Crippen molar-refractivity contribution < 1.29 is 17.6 Å².